The van der Waals surface area contributed by atoms with Crippen molar-refractivity contribution in [1.82, 2.24) is 5.32 Å². The number of nitrogens with zero attached hydrogens (tertiary/aromatic N) is 1. The van der Waals surface area contributed by atoms with Crippen molar-refractivity contribution in [2.75, 3.05) is 7.11 Å². The summed E-state index contributed by atoms with van der Waals surface area (Å²) in [4.78, 5) is 17.3. The molecule has 0 radical (unpaired) electrons. The number of ether oxygens (including phenoxy) is 2. The van der Waals surface area contributed by atoms with Crippen molar-refractivity contribution in [3.05, 3.63) is 87.3 Å². The fourth-order valence-corrected chi connectivity index (χ4v) is 4.06. The minimum Gasteiger partial charge on any atom is -0.506 e. The summed E-state index contributed by atoms with van der Waals surface area (Å²) >= 11 is 7.13. The number of phenolic OH excluding ortho intramolecular Hbond substituents is 1. The van der Waals surface area contributed by atoms with Crippen LogP contribution in [0.15, 0.2) is 70.6 Å². The smallest absolute Gasteiger partial charge is 0.264 e. The third-order valence-corrected chi connectivity index (χ3v) is 5.96. The number of aliphatic imine (C=N–C) groups is 1. The number of methoxy groups -OCH3 is 1. The van der Waals surface area contributed by atoms with Crippen molar-refractivity contribution in [2.24, 2.45) is 4.99 Å². The van der Waals surface area contributed by atoms with Crippen molar-refractivity contribution in [3.63, 3.8) is 0 Å². The molecule has 0 bridgehead atoms. The molecule has 0 atom stereocenters. The molecule has 1 fully saturated rings. The van der Waals surface area contributed by atoms with Gasteiger partial charge in [0, 0.05) is 5.02 Å². The van der Waals surface area contributed by atoms with E-state index in [1.165, 1.54) is 11.8 Å². The Balaban J connectivity index is 1.50. The van der Waals surface area contributed by atoms with E-state index in [2.05, 4.69) is 10.3 Å². The molecule has 8 heteroatoms. The number of carbonyl (C=O) groups excluding carboxylic acids is 1. The number of aromatic hydroxyl groups is 1. The summed E-state index contributed by atoms with van der Waals surface area (Å²) in [5.41, 5.74) is 3.13. The van der Waals surface area contributed by atoms with E-state index < -0.39 is 0 Å². The molecule has 4 rings (SSSR count). The number of carbonyl (C=O) groups is 1. The van der Waals surface area contributed by atoms with E-state index in [0.717, 1.165) is 16.7 Å². The average molecular weight is 481 g/mol. The zero-order valence-electron chi connectivity index (χ0n) is 18.0. The Bertz CT molecular complexity index is 1260. The van der Waals surface area contributed by atoms with Gasteiger partial charge in [0.1, 0.15) is 18.0 Å². The molecule has 0 unspecified atom stereocenters. The minimum absolute atomic E-state index is 0.0549. The third-order valence-electron chi connectivity index (χ3n) is 4.80. The van der Waals surface area contributed by atoms with Gasteiger partial charge in [-0.1, -0.05) is 35.9 Å². The van der Waals surface area contributed by atoms with Gasteiger partial charge in [-0.3, -0.25) is 4.79 Å². The number of hydrogen-bond acceptors (Lipinski definition) is 6. The second kappa shape index (κ2) is 10.0. The fourth-order valence-electron chi connectivity index (χ4n) is 3.10. The van der Waals surface area contributed by atoms with Crippen LogP contribution < -0.4 is 14.8 Å². The van der Waals surface area contributed by atoms with Crippen LogP contribution in [0.3, 0.4) is 0 Å². The van der Waals surface area contributed by atoms with E-state index in [1.807, 2.05) is 37.3 Å². The first kappa shape index (κ1) is 22.8. The van der Waals surface area contributed by atoms with E-state index in [0.29, 0.717) is 38.9 Å². The Labute approximate surface area is 200 Å². The number of amidine groups is 1. The maximum absolute atomic E-state index is 12.4. The summed E-state index contributed by atoms with van der Waals surface area (Å²) in [5.74, 6) is 0.947. The van der Waals surface area contributed by atoms with Gasteiger partial charge in [0.25, 0.3) is 5.91 Å². The number of nitrogens with one attached hydrogen (secondary N) is 1. The Morgan fingerprint density at radius 3 is 2.64 bits per heavy atom. The molecule has 3 aromatic carbocycles. The zero-order valence-corrected chi connectivity index (χ0v) is 19.5. The van der Waals surface area contributed by atoms with Crippen molar-refractivity contribution >= 4 is 46.2 Å². The number of phenols is 1. The average Bonchev–Trinajstić information content (AvgIpc) is 3.14. The molecule has 33 heavy (non-hydrogen) atoms. The van der Waals surface area contributed by atoms with Crippen LogP contribution in [0, 0.1) is 6.92 Å². The molecule has 1 aliphatic rings. The summed E-state index contributed by atoms with van der Waals surface area (Å²) in [6.45, 7) is 2.28. The van der Waals surface area contributed by atoms with Crippen molar-refractivity contribution in [1.29, 1.82) is 0 Å². The molecule has 2 N–H and O–H groups in total. The van der Waals surface area contributed by atoms with Gasteiger partial charge in [0.2, 0.25) is 0 Å². The van der Waals surface area contributed by atoms with Crippen LogP contribution in [-0.2, 0) is 11.4 Å². The lowest BCUT2D eigenvalue weighted by Gasteiger charge is -2.11. The van der Waals surface area contributed by atoms with Crippen LogP contribution in [0.4, 0.5) is 5.69 Å². The topological polar surface area (TPSA) is 80.2 Å². The third kappa shape index (κ3) is 5.69. The van der Waals surface area contributed by atoms with Crippen molar-refractivity contribution < 1.29 is 19.4 Å². The fraction of sp³-hybridized carbons (Fsp3) is 0.120. The molecule has 0 aliphatic carbocycles. The highest BCUT2D eigenvalue weighted by molar-refractivity contribution is 8.18. The Morgan fingerprint density at radius 2 is 1.88 bits per heavy atom. The maximum atomic E-state index is 12.4. The number of benzene rings is 3. The van der Waals surface area contributed by atoms with Gasteiger partial charge in [0.15, 0.2) is 16.7 Å². The van der Waals surface area contributed by atoms with Crippen molar-refractivity contribution in [2.45, 2.75) is 13.5 Å². The largest absolute Gasteiger partial charge is 0.506 e. The SMILES string of the molecule is COc1cc(/C=C2\SC(=Nc3cc(C)ccc3O)NC2=O)ccc1OCc1ccc(Cl)cc1. The number of rotatable bonds is 6. The summed E-state index contributed by atoms with van der Waals surface area (Å²) < 4.78 is 11.4. The van der Waals surface area contributed by atoms with Crippen LogP contribution >= 0.6 is 23.4 Å². The highest BCUT2D eigenvalue weighted by Crippen LogP contribution is 2.34. The lowest BCUT2D eigenvalue weighted by Crippen LogP contribution is -2.19. The first-order valence-electron chi connectivity index (χ1n) is 10.1. The predicted octanol–water partition coefficient (Wildman–Crippen LogP) is 5.83. The molecule has 6 nitrogen and oxygen atoms in total. The summed E-state index contributed by atoms with van der Waals surface area (Å²) in [6, 6.07) is 18.0. The highest BCUT2D eigenvalue weighted by Gasteiger charge is 2.24. The summed E-state index contributed by atoms with van der Waals surface area (Å²) in [7, 11) is 1.57. The molecular formula is C25H21ClN2O4S. The van der Waals surface area contributed by atoms with Gasteiger partial charge in [0.05, 0.1) is 12.0 Å². The van der Waals surface area contributed by atoms with Crippen molar-refractivity contribution in [3.8, 4) is 17.2 Å². The van der Waals surface area contributed by atoms with Crippen LogP contribution in [0.25, 0.3) is 6.08 Å². The van der Waals surface area contributed by atoms with E-state index in [1.54, 1.807) is 43.5 Å². The van der Waals surface area contributed by atoms with Gasteiger partial charge in [-0.05, 0) is 77.9 Å². The monoisotopic (exact) mass is 480 g/mol. The Morgan fingerprint density at radius 1 is 1.09 bits per heavy atom. The molecule has 3 aromatic rings. The van der Waals surface area contributed by atoms with Gasteiger partial charge in [-0.25, -0.2) is 4.99 Å². The predicted molar refractivity (Wildman–Crippen MR) is 132 cm³/mol. The Hall–Kier alpha value is -3.42. The standard InChI is InChI=1S/C25H21ClN2O4S/c1-15-3-9-20(29)19(11-15)27-25-28-24(30)23(33-25)13-17-6-10-21(22(12-17)31-2)32-14-16-4-7-18(26)8-5-16/h3-13,29H,14H2,1-2H3,(H,27,28,30)/b23-13-. The first-order valence-corrected chi connectivity index (χ1v) is 11.3. The Kier molecular flexibility index (Phi) is 6.91. The molecule has 1 amide bonds. The number of aryl methyl sites for hydroxylation is 1. The molecular weight excluding hydrogens is 460 g/mol. The summed E-state index contributed by atoms with van der Waals surface area (Å²) in [6.07, 6.45) is 1.75. The van der Waals surface area contributed by atoms with E-state index in [-0.39, 0.29) is 11.7 Å². The lowest BCUT2D eigenvalue weighted by molar-refractivity contribution is -0.115. The van der Waals surface area contributed by atoms with Crippen LogP contribution in [-0.4, -0.2) is 23.3 Å². The molecule has 168 valence electrons. The van der Waals surface area contributed by atoms with Crippen LogP contribution in [0.1, 0.15) is 16.7 Å². The lowest BCUT2D eigenvalue weighted by atomic mass is 10.2. The highest BCUT2D eigenvalue weighted by atomic mass is 35.5. The van der Waals surface area contributed by atoms with Crippen LogP contribution in [0.5, 0.6) is 17.2 Å². The van der Waals surface area contributed by atoms with Gasteiger partial charge in [-0.15, -0.1) is 0 Å². The van der Waals surface area contributed by atoms with Gasteiger partial charge >= 0.3 is 0 Å². The van der Waals surface area contributed by atoms with Crippen LogP contribution in [0.2, 0.25) is 5.02 Å². The molecule has 0 saturated carbocycles. The minimum atomic E-state index is -0.257. The zero-order chi connectivity index (χ0) is 23.4. The second-order valence-corrected chi connectivity index (χ2v) is 8.77. The second-order valence-electron chi connectivity index (χ2n) is 7.30. The molecule has 1 saturated heterocycles. The molecule has 1 aliphatic heterocycles. The maximum Gasteiger partial charge on any atom is 0.264 e. The van der Waals surface area contributed by atoms with E-state index in [9.17, 15) is 9.90 Å². The molecule has 1 heterocycles. The summed E-state index contributed by atoms with van der Waals surface area (Å²) in [5, 5.41) is 13.8. The number of halogens is 1. The van der Waals surface area contributed by atoms with Gasteiger partial charge in [-0.2, -0.15) is 0 Å². The van der Waals surface area contributed by atoms with Gasteiger partial charge < -0.3 is 19.9 Å². The number of amides is 1. The molecule has 0 aromatic heterocycles. The number of thioether (sulfide) groups is 1. The van der Waals surface area contributed by atoms with E-state index in [4.69, 9.17) is 21.1 Å². The first-order chi connectivity index (χ1) is 15.9. The number of hydrogen-bond donors (Lipinski definition) is 2. The normalized spacial score (nSPS) is 15.7. The van der Waals surface area contributed by atoms with E-state index >= 15 is 0 Å². The molecule has 0 spiro atoms. The quantitative estimate of drug-likeness (QED) is 0.434.